The highest BCUT2D eigenvalue weighted by Crippen LogP contribution is 2.26. The molecule has 2 saturated heterocycles. The van der Waals surface area contributed by atoms with Crippen molar-refractivity contribution in [2.75, 3.05) is 44.7 Å². The molecule has 1 amide bonds. The second-order valence-corrected chi connectivity index (χ2v) is 5.67. The molecule has 4 nitrogen and oxygen atoms in total. The van der Waals surface area contributed by atoms with Gasteiger partial charge in [0.1, 0.15) is 5.82 Å². The fourth-order valence-corrected chi connectivity index (χ4v) is 2.84. The number of hydrogen-bond donors (Lipinski definition) is 1. The van der Waals surface area contributed by atoms with Crippen LogP contribution < -0.4 is 10.2 Å². The summed E-state index contributed by atoms with van der Waals surface area (Å²) in [7, 11) is 2.10. The topological polar surface area (TPSA) is 35.6 Å². The van der Waals surface area contributed by atoms with Crippen LogP contribution in [0.3, 0.4) is 0 Å². The van der Waals surface area contributed by atoms with Crippen molar-refractivity contribution in [2.24, 2.45) is 0 Å². The molecule has 1 N–H and O–H groups in total. The summed E-state index contributed by atoms with van der Waals surface area (Å²) in [5.41, 5.74) is 2.54. The van der Waals surface area contributed by atoms with Crippen molar-refractivity contribution in [3.63, 3.8) is 0 Å². The molecule has 0 aliphatic carbocycles. The largest absolute Gasteiger partial charge is 0.368 e. The number of halogens is 1. The Morgan fingerprint density at radius 3 is 2.67 bits per heavy atom. The van der Waals surface area contributed by atoms with E-state index < -0.39 is 0 Å². The normalized spacial score (nSPS) is 21.9. The first kappa shape index (κ1) is 14.1. The average molecular weight is 289 g/mol. The van der Waals surface area contributed by atoms with Crippen molar-refractivity contribution in [1.29, 1.82) is 0 Å². The van der Waals surface area contributed by atoms with Crippen LogP contribution in [-0.4, -0.2) is 50.6 Å². The van der Waals surface area contributed by atoms with Gasteiger partial charge in [-0.15, -0.1) is 0 Å². The third-order valence-electron chi connectivity index (χ3n) is 4.13. The van der Waals surface area contributed by atoms with Crippen molar-refractivity contribution >= 4 is 17.7 Å². The fraction of sp³-hybridized carbons (Fsp3) is 0.438. The Bertz CT molecular complexity index is 577. The predicted molar refractivity (Wildman–Crippen MR) is 81.7 cm³/mol. The molecule has 0 spiro atoms. The Morgan fingerprint density at radius 1 is 1.24 bits per heavy atom. The van der Waals surface area contributed by atoms with E-state index in [-0.39, 0.29) is 11.7 Å². The number of benzene rings is 1. The maximum absolute atomic E-state index is 13.6. The van der Waals surface area contributed by atoms with Crippen LogP contribution in [0, 0.1) is 5.82 Å². The van der Waals surface area contributed by atoms with E-state index in [9.17, 15) is 9.18 Å². The Kier molecular flexibility index (Phi) is 3.92. The summed E-state index contributed by atoms with van der Waals surface area (Å²) in [5, 5.41) is 2.79. The van der Waals surface area contributed by atoms with Gasteiger partial charge in [0, 0.05) is 49.5 Å². The van der Waals surface area contributed by atoms with Crippen LogP contribution in [0.15, 0.2) is 23.8 Å². The quantitative estimate of drug-likeness (QED) is 0.838. The van der Waals surface area contributed by atoms with Gasteiger partial charge in [0.25, 0.3) is 0 Å². The summed E-state index contributed by atoms with van der Waals surface area (Å²) in [5.74, 6) is -0.304. The van der Waals surface area contributed by atoms with E-state index in [2.05, 4.69) is 22.2 Å². The molecular weight excluding hydrogens is 269 g/mol. The molecule has 0 bridgehead atoms. The molecule has 21 heavy (non-hydrogen) atoms. The van der Waals surface area contributed by atoms with Crippen LogP contribution >= 0.6 is 0 Å². The summed E-state index contributed by atoms with van der Waals surface area (Å²) in [6, 6.07) is 4.83. The van der Waals surface area contributed by atoms with E-state index in [1.807, 2.05) is 12.1 Å². The SMILES string of the molecule is CN1CCN(c2ccc(F)cc2/C=C2\CCNC2=O)CC1. The minimum Gasteiger partial charge on any atom is -0.368 e. The average Bonchev–Trinajstić information content (AvgIpc) is 2.86. The fourth-order valence-electron chi connectivity index (χ4n) is 2.84. The number of carbonyl (C=O) groups excluding carboxylic acids is 1. The smallest absolute Gasteiger partial charge is 0.247 e. The molecule has 5 heteroatoms. The number of nitrogens with one attached hydrogen (secondary N) is 1. The number of amides is 1. The second-order valence-electron chi connectivity index (χ2n) is 5.67. The molecule has 112 valence electrons. The molecule has 1 aromatic carbocycles. The summed E-state index contributed by atoms with van der Waals surface area (Å²) in [6.45, 7) is 4.50. The van der Waals surface area contributed by atoms with Gasteiger partial charge in [-0.3, -0.25) is 4.79 Å². The van der Waals surface area contributed by atoms with Crippen molar-refractivity contribution in [2.45, 2.75) is 6.42 Å². The number of anilines is 1. The molecule has 0 saturated carbocycles. The Morgan fingerprint density at radius 2 is 2.00 bits per heavy atom. The number of piperazine rings is 1. The molecule has 3 rings (SSSR count). The van der Waals surface area contributed by atoms with Gasteiger partial charge in [-0.05, 0) is 37.7 Å². The third-order valence-corrected chi connectivity index (χ3v) is 4.13. The van der Waals surface area contributed by atoms with Gasteiger partial charge >= 0.3 is 0 Å². The zero-order valence-corrected chi connectivity index (χ0v) is 12.2. The molecule has 0 atom stereocenters. The Hall–Kier alpha value is -1.88. The van der Waals surface area contributed by atoms with Gasteiger partial charge < -0.3 is 15.1 Å². The summed E-state index contributed by atoms with van der Waals surface area (Å²) in [6.07, 6.45) is 2.54. The van der Waals surface area contributed by atoms with E-state index in [0.29, 0.717) is 13.0 Å². The van der Waals surface area contributed by atoms with Crippen LogP contribution in [0.25, 0.3) is 6.08 Å². The molecule has 2 heterocycles. The van der Waals surface area contributed by atoms with Crippen molar-refractivity contribution in [3.8, 4) is 0 Å². The van der Waals surface area contributed by atoms with Crippen LogP contribution in [0.1, 0.15) is 12.0 Å². The number of nitrogens with zero attached hydrogens (tertiary/aromatic N) is 2. The van der Waals surface area contributed by atoms with Crippen molar-refractivity contribution in [3.05, 3.63) is 35.2 Å². The molecule has 0 unspecified atom stereocenters. The molecule has 0 radical (unpaired) electrons. The molecule has 2 fully saturated rings. The van der Waals surface area contributed by atoms with Crippen LogP contribution in [0.2, 0.25) is 0 Å². The van der Waals surface area contributed by atoms with E-state index >= 15 is 0 Å². The molecule has 1 aromatic rings. The van der Waals surface area contributed by atoms with E-state index in [4.69, 9.17) is 0 Å². The lowest BCUT2D eigenvalue weighted by atomic mass is 10.1. The minimum absolute atomic E-state index is 0.0383. The Balaban J connectivity index is 1.92. The highest BCUT2D eigenvalue weighted by atomic mass is 19.1. The Labute approximate surface area is 124 Å². The van der Waals surface area contributed by atoms with Gasteiger partial charge in [0.2, 0.25) is 5.91 Å². The number of rotatable bonds is 2. The number of hydrogen-bond acceptors (Lipinski definition) is 3. The van der Waals surface area contributed by atoms with Crippen molar-refractivity contribution in [1.82, 2.24) is 10.2 Å². The first-order valence-electron chi connectivity index (χ1n) is 7.35. The van der Waals surface area contributed by atoms with Gasteiger partial charge in [0.05, 0.1) is 0 Å². The first-order valence-corrected chi connectivity index (χ1v) is 7.35. The number of likely N-dealkylation sites (N-methyl/N-ethyl adjacent to an activating group) is 1. The van der Waals surface area contributed by atoms with Gasteiger partial charge in [-0.25, -0.2) is 4.39 Å². The zero-order valence-electron chi connectivity index (χ0n) is 12.2. The van der Waals surface area contributed by atoms with Crippen LogP contribution in [-0.2, 0) is 4.79 Å². The van der Waals surface area contributed by atoms with E-state index in [1.165, 1.54) is 12.1 Å². The molecular formula is C16H20FN3O. The monoisotopic (exact) mass is 289 g/mol. The summed E-state index contributed by atoms with van der Waals surface area (Å²) >= 11 is 0. The van der Waals surface area contributed by atoms with Gasteiger partial charge in [0.15, 0.2) is 0 Å². The van der Waals surface area contributed by atoms with E-state index in [0.717, 1.165) is 43.0 Å². The zero-order chi connectivity index (χ0) is 14.8. The third kappa shape index (κ3) is 3.08. The molecule has 2 aliphatic rings. The lowest BCUT2D eigenvalue weighted by Crippen LogP contribution is -2.44. The van der Waals surface area contributed by atoms with Crippen LogP contribution in [0.4, 0.5) is 10.1 Å². The summed E-state index contributed by atoms with van der Waals surface area (Å²) in [4.78, 5) is 16.2. The number of carbonyl (C=O) groups is 1. The molecule has 0 aromatic heterocycles. The van der Waals surface area contributed by atoms with Crippen LogP contribution in [0.5, 0.6) is 0 Å². The highest BCUT2D eigenvalue weighted by Gasteiger charge is 2.20. The lowest BCUT2D eigenvalue weighted by molar-refractivity contribution is -0.116. The van der Waals surface area contributed by atoms with Gasteiger partial charge in [-0.2, -0.15) is 0 Å². The summed E-state index contributed by atoms with van der Waals surface area (Å²) < 4.78 is 13.6. The standard InChI is InChI=1S/C16H20FN3O/c1-19-6-8-20(9-7-19)15-3-2-14(17)11-13(15)10-12-4-5-18-16(12)21/h2-3,10-11H,4-9H2,1H3,(H,18,21)/b12-10+. The predicted octanol–water partition coefficient (Wildman–Crippen LogP) is 1.48. The lowest BCUT2D eigenvalue weighted by Gasteiger charge is -2.35. The van der Waals surface area contributed by atoms with Crippen molar-refractivity contribution < 1.29 is 9.18 Å². The first-order chi connectivity index (χ1) is 10.1. The highest BCUT2D eigenvalue weighted by molar-refractivity contribution is 6.00. The maximum atomic E-state index is 13.6. The maximum Gasteiger partial charge on any atom is 0.247 e. The van der Waals surface area contributed by atoms with Gasteiger partial charge in [-0.1, -0.05) is 0 Å². The van der Waals surface area contributed by atoms with E-state index in [1.54, 1.807) is 0 Å². The molecule has 2 aliphatic heterocycles. The minimum atomic E-state index is -0.266. The second kappa shape index (κ2) is 5.85.